The predicted molar refractivity (Wildman–Crippen MR) is 54.4 cm³/mol. The molecule has 2 nitrogen and oxygen atoms in total. The molecule has 0 N–H and O–H groups in total. The van der Waals surface area contributed by atoms with Gasteiger partial charge < -0.3 is 4.74 Å². The van der Waals surface area contributed by atoms with Gasteiger partial charge in [-0.25, -0.2) is 4.79 Å². The van der Waals surface area contributed by atoms with E-state index in [1.54, 1.807) is 13.0 Å². The highest BCUT2D eigenvalue weighted by atomic mass is 32.1. The normalized spacial score (nSPS) is 9.77. The number of aryl methyl sites for hydroxylation is 1. The van der Waals surface area contributed by atoms with Crippen LogP contribution in [0.5, 0.6) is 0 Å². The van der Waals surface area contributed by atoms with E-state index in [2.05, 4.69) is 12.6 Å². The Labute approximate surface area is 83.3 Å². The van der Waals surface area contributed by atoms with E-state index in [4.69, 9.17) is 4.74 Å². The van der Waals surface area contributed by atoms with Gasteiger partial charge >= 0.3 is 5.97 Å². The summed E-state index contributed by atoms with van der Waals surface area (Å²) in [5.41, 5.74) is 1.61. The first-order valence-corrected chi connectivity index (χ1v) is 4.56. The molecule has 0 fully saturated rings. The van der Waals surface area contributed by atoms with Crippen LogP contribution in [0.1, 0.15) is 22.8 Å². The molecule has 0 heterocycles. The molecule has 0 saturated heterocycles. The minimum absolute atomic E-state index is 0.312. The van der Waals surface area contributed by atoms with Crippen molar-refractivity contribution in [2.75, 3.05) is 6.61 Å². The van der Waals surface area contributed by atoms with Crippen molar-refractivity contribution >= 4 is 18.6 Å². The molecule has 1 rings (SSSR count). The molecule has 0 aliphatic rings. The molecular weight excluding hydrogens is 184 g/mol. The summed E-state index contributed by atoms with van der Waals surface area (Å²) in [5, 5.41) is 0. The van der Waals surface area contributed by atoms with Gasteiger partial charge in [-0.15, -0.1) is 12.6 Å². The molecule has 3 heteroatoms. The molecular formula is C10H12O2S. The SMILES string of the molecule is CCOC(=O)c1ccc(C)cc1S. The smallest absolute Gasteiger partial charge is 0.339 e. The Morgan fingerprint density at radius 2 is 2.23 bits per heavy atom. The Hall–Kier alpha value is -0.960. The molecule has 0 spiro atoms. The van der Waals surface area contributed by atoms with E-state index in [-0.39, 0.29) is 5.97 Å². The van der Waals surface area contributed by atoms with Crippen molar-refractivity contribution < 1.29 is 9.53 Å². The van der Waals surface area contributed by atoms with E-state index >= 15 is 0 Å². The maximum atomic E-state index is 11.3. The fourth-order valence-electron chi connectivity index (χ4n) is 1.02. The van der Waals surface area contributed by atoms with E-state index in [1.165, 1.54) is 0 Å². The average Bonchev–Trinajstić information content (AvgIpc) is 2.04. The van der Waals surface area contributed by atoms with Crippen molar-refractivity contribution in [1.29, 1.82) is 0 Å². The van der Waals surface area contributed by atoms with Gasteiger partial charge in [0.05, 0.1) is 12.2 Å². The zero-order valence-corrected chi connectivity index (χ0v) is 8.60. The van der Waals surface area contributed by atoms with Crippen LogP contribution in [0.25, 0.3) is 0 Å². The second kappa shape index (κ2) is 4.33. The summed E-state index contributed by atoms with van der Waals surface area (Å²) in [5.74, 6) is -0.312. The van der Waals surface area contributed by atoms with Crippen LogP contribution in [0.3, 0.4) is 0 Å². The summed E-state index contributed by atoms with van der Waals surface area (Å²) in [4.78, 5) is 12.0. The molecule has 0 aliphatic heterocycles. The standard InChI is InChI=1S/C10H12O2S/c1-3-12-10(11)8-5-4-7(2)6-9(8)13/h4-6,13H,3H2,1-2H3. The molecule has 0 radical (unpaired) electrons. The quantitative estimate of drug-likeness (QED) is 0.581. The van der Waals surface area contributed by atoms with Gasteiger partial charge in [0.2, 0.25) is 0 Å². The van der Waals surface area contributed by atoms with Crippen LogP contribution in [0.4, 0.5) is 0 Å². The van der Waals surface area contributed by atoms with Crippen LogP contribution in [0.2, 0.25) is 0 Å². The molecule has 0 unspecified atom stereocenters. The summed E-state index contributed by atoms with van der Waals surface area (Å²) in [6.45, 7) is 4.12. The topological polar surface area (TPSA) is 26.3 Å². The first-order chi connectivity index (χ1) is 6.15. The van der Waals surface area contributed by atoms with Crippen LogP contribution in [-0.2, 0) is 4.74 Å². The number of hydrogen-bond acceptors (Lipinski definition) is 3. The maximum Gasteiger partial charge on any atom is 0.339 e. The second-order valence-corrected chi connectivity index (χ2v) is 3.22. The number of thiol groups is 1. The lowest BCUT2D eigenvalue weighted by molar-refractivity contribution is 0.0522. The first-order valence-electron chi connectivity index (χ1n) is 4.12. The summed E-state index contributed by atoms with van der Waals surface area (Å²) in [6, 6.07) is 5.44. The summed E-state index contributed by atoms with van der Waals surface area (Å²) < 4.78 is 4.86. The van der Waals surface area contributed by atoms with Gasteiger partial charge in [-0.05, 0) is 31.5 Å². The highest BCUT2D eigenvalue weighted by Crippen LogP contribution is 2.16. The molecule has 1 aromatic rings. The Balaban J connectivity index is 2.95. The van der Waals surface area contributed by atoms with Gasteiger partial charge in [0.1, 0.15) is 0 Å². The fraction of sp³-hybridized carbons (Fsp3) is 0.300. The first kappa shape index (κ1) is 10.1. The Morgan fingerprint density at radius 3 is 2.77 bits per heavy atom. The minimum atomic E-state index is -0.312. The molecule has 0 amide bonds. The van der Waals surface area contributed by atoms with E-state index in [0.29, 0.717) is 17.1 Å². The van der Waals surface area contributed by atoms with Gasteiger partial charge in [-0.3, -0.25) is 0 Å². The molecule has 13 heavy (non-hydrogen) atoms. The van der Waals surface area contributed by atoms with Crippen molar-refractivity contribution in [1.82, 2.24) is 0 Å². The van der Waals surface area contributed by atoms with Gasteiger partial charge in [-0.2, -0.15) is 0 Å². The molecule has 0 bridgehead atoms. The summed E-state index contributed by atoms with van der Waals surface area (Å²) in [6.07, 6.45) is 0. The third kappa shape index (κ3) is 2.49. The lowest BCUT2D eigenvalue weighted by Gasteiger charge is -2.04. The van der Waals surface area contributed by atoms with Crippen LogP contribution in [0, 0.1) is 6.92 Å². The van der Waals surface area contributed by atoms with E-state index in [9.17, 15) is 4.79 Å². The monoisotopic (exact) mass is 196 g/mol. The number of carbonyl (C=O) groups excluding carboxylic acids is 1. The number of ether oxygens (including phenoxy) is 1. The van der Waals surface area contributed by atoms with Crippen LogP contribution >= 0.6 is 12.6 Å². The van der Waals surface area contributed by atoms with E-state index in [1.807, 2.05) is 19.1 Å². The average molecular weight is 196 g/mol. The van der Waals surface area contributed by atoms with Crippen LogP contribution in [-0.4, -0.2) is 12.6 Å². The number of esters is 1. The Kier molecular flexibility index (Phi) is 3.37. The predicted octanol–water partition coefficient (Wildman–Crippen LogP) is 2.46. The van der Waals surface area contributed by atoms with Crippen molar-refractivity contribution in [2.45, 2.75) is 18.7 Å². The highest BCUT2D eigenvalue weighted by molar-refractivity contribution is 7.80. The van der Waals surface area contributed by atoms with Gasteiger partial charge in [0.15, 0.2) is 0 Å². The van der Waals surface area contributed by atoms with Crippen molar-refractivity contribution in [3.63, 3.8) is 0 Å². The minimum Gasteiger partial charge on any atom is -0.462 e. The van der Waals surface area contributed by atoms with Crippen molar-refractivity contribution in [3.05, 3.63) is 29.3 Å². The maximum absolute atomic E-state index is 11.3. The molecule has 0 aliphatic carbocycles. The van der Waals surface area contributed by atoms with Gasteiger partial charge in [0, 0.05) is 4.90 Å². The van der Waals surface area contributed by atoms with E-state index < -0.39 is 0 Å². The Morgan fingerprint density at radius 1 is 1.54 bits per heavy atom. The number of hydrogen-bond donors (Lipinski definition) is 1. The zero-order chi connectivity index (χ0) is 9.84. The molecule has 1 aromatic carbocycles. The third-order valence-electron chi connectivity index (χ3n) is 1.65. The van der Waals surface area contributed by atoms with Crippen LogP contribution in [0.15, 0.2) is 23.1 Å². The second-order valence-electron chi connectivity index (χ2n) is 2.74. The molecule has 70 valence electrons. The Bertz CT molecular complexity index is 321. The van der Waals surface area contributed by atoms with Crippen LogP contribution < -0.4 is 0 Å². The molecule has 0 saturated carbocycles. The summed E-state index contributed by atoms with van der Waals surface area (Å²) in [7, 11) is 0. The summed E-state index contributed by atoms with van der Waals surface area (Å²) >= 11 is 4.20. The number of benzene rings is 1. The zero-order valence-electron chi connectivity index (χ0n) is 7.70. The van der Waals surface area contributed by atoms with E-state index in [0.717, 1.165) is 5.56 Å². The van der Waals surface area contributed by atoms with Gasteiger partial charge in [-0.1, -0.05) is 6.07 Å². The lowest BCUT2D eigenvalue weighted by atomic mass is 10.1. The third-order valence-corrected chi connectivity index (χ3v) is 2.02. The van der Waals surface area contributed by atoms with Crippen molar-refractivity contribution in [3.8, 4) is 0 Å². The largest absolute Gasteiger partial charge is 0.462 e. The lowest BCUT2D eigenvalue weighted by Crippen LogP contribution is -2.05. The number of carbonyl (C=O) groups is 1. The fourth-order valence-corrected chi connectivity index (χ4v) is 1.39. The highest BCUT2D eigenvalue weighted by Gasteiger charge is 2.09. The number of rotatable bonds is 2. The van der Waals surface area contributed by atoms with Gasteiger partial charge in [0.25, 0.3) is 0 Å². The van der Waals surface area contributed by atoms with Crippen molar-refractivity contribution in [2.24, 2.45) is 0 Å². The molecule has 0 atom stereocenters. The molecule has 0 aromatic heterocycles.